The molecule has 0 aliphatic carbocycles. The topological polar surface area (TPSA) is 39.8 Å². The molecule has 0 saturated carbocycles. The first-order chi connectivity index (χ1) is 5.62. The molecule has 0 amide bonds. The van der Waals surface area contributed by atoms with Gasteiger partial charge in [0.1, 0.15) is 0 Å². The Labute approximate surface area is 68.8 Å². The lowest BCUT2D eigenvalue weighted by atomic mass is 10.1. The van der Waals surface area contributed by atoms with Crippen molar-refractivity contribution in [3.05, 3.63) is 0 Å². The van der Waals surface area contributed by atoms with Crippen LogP contribution in [-0.2, 0) is 10.2 Å². The molecule has 2 radical (unpaired) electrons. The zero-order valence-electron chi connectivity index (χ0n) is 6.00. The summed E-state index contributed by atoms with van der Waals surface area (Å²) in [6.07, 6.45) is 0. The molecule has 0 aliphatic rings. The smallest absolute Gasteiger partial charge is 0.230 e. The van der Waals surface area contributed by atoms with E-state index >= 15 is 0 Å². The van der Waals surface area contributed by atoms with Crippen LogP contribution in [0.2, 0.25) is 0 Å². The molecule has 0 spiro atoms. The van der Waals surface area contributed by atoms with E-state index in [1.165, 1.54) is 0 Å². The fourth-order valence-electron chi connectivity index (χ4n) is 0.449. The van der Waals surface area contributed by atoms with Crippen LogP contribution >= 0.6 is 0 Å². The Hall–Kier alpha value is -0.500. The van der Waals surface area contributed by atoms with Gasteiger partial charge in [-0.1, -0.05) is 0 Å². The Morgan fingerprint density at radius 2 is 0.923 bits per heavy atom. The van der Waals surface area contributed by atoms with Crippen molar-refractivity contribution < 1.29 is 36.6 Å². The SMILES string of the molecule is [O]CC(F)(F)C(F)(F)C(F)(F)C[O]. The van der Waals surface area contributed by atoms with Crippen LogP contribution in [0.15, 0.2) is 0 Å². The highest BCUT2D eigenvalue weighted by Gasteiger charge is 2.71. The van der Waals surface area contributed by atoms with E-state index in [2.05, 4.69) is 0 Å². The van der Waals surface area contributed by atoms with Gasteiger partial charge in [0.2, 0.25) is 0 Å². The van der Waals surface area contributed by atoms with E-state index in [1.807, 2.05) is 0 Å². The molecular formula is C5H4F6O2. The third kappa shape index (κ3) is 1.88. The number of alkyl halides is 6. The summed E-state index contributed by atoms with van der Waals surface area (Å²) in [6.45, 7) is -5.40. The monoisotopic (exact) mass is 210 g/mol. The molecule has 8 heteroatoms. The van der Waals surface area contributed by atoms with Gasteiger partial charge >= 0.3 is 17.8 Å². The maximum Gasteiger partial charge on any atom is 0.376 e. The second kappa shape index (κ2) is 3.33. The van der Waals surface area contributed by atoms with Crippen LogP contribution in [0.3, 0.4) is 0 Å². The van der Waals surface area contributed by atoms with E-state index in [0.717, 1.165) is 0 Å². The summed E-state index contributed by atoms with van der Waals surface area (Å²) >= 11 is 0. The molecule has 0 unspecified atom stereocenters. The highest BCUT2D eigenvalue weighted by molar-refractivity contribution is 4.95. The van der Waals surface area contributed by atoms with Gasteiger partial charge in [-0.2, -0.15) is 26.3 Å². The van der Waals surface area contributed by atoms with Crippen molar-refractivity contribution in [2.75, 3.05) is 13.2 Å². The summed E-state index contributed by atoms with van der Waals surface area (Å²) in [6, 6.07) is 0. The van der Waals surface area contributed by atoms with Gasteiger partial charge in [-0.05, 0) is 0 Å². The van der Waals surface area contributed by atoms with Crippen LogP contribution < -0.4 is 0 Å². The van der Waals surface area contributed by atoms with Gasteiger partial charge in [0.05, 0.1) is 0 Å². The standard InChI is InChI=1S/C5H4F6O2/c6-3(7,1-12)5(10,11)4(8,9)2-13/h1-2H2. The van der Waals surface area contributed by atoms with E-state index in [-0.39, 0.29) is 0 Å². The second-order valence-electron chi connectivity index (χ2n) is 2.27. The van der Waals surface area contributed by atoms with Crippen molar-refractivity contribution in [1.29, 1.82) is 0 Å². The lowest BCUT2D eigenvalue weighted by Gasteiger charge is -2.29. The molecule has 0 aromatic rings. The minimum atomic E-state index is -5.90. The predicted molar refractivity (Wildman–Crippen MR) is 25.9 cm³/mol. The number of halogens is 6. The van der Waals surface area contributed by atoms with Crippen molar-refractivity contribution in [3.8, 4) is 0 Å². The van der Waals surface area contributed by atoms with Crippen LogP contribution in [0.5, 0.6) is 0 Å². The number of hydrogen-bond acceptors (Lipinski definition) is 0. The molecule has 0 saturated heterocycles. The molecule has 0 heterocycles. The minimum absolute atomic E-state index is 2.70. The second-order valence-corrected chi connectivity index (χ2v) is 2.27. The summed E-state index contributed by atoms with van der Waals surface area (Å²) in [5.74, 6) is -16.7. The van der Waals surface area contributed by atoms with Crippen molar-refractivity contribution in [2.45, 2.75) is 17.8 Å². The van der Waals surface area contributed by atoms with E-state index in [1.54, 1.807) is 0 Å². The first-order valence-electron chi connectivity index (χ1n) is 2.92. The molecule has 0 fully saturated rings. The molecule has 0 N–H and O–H groups in total. The van der Waals surface area contributed by atoms with Gasteiger partial charge in [-0.25, -0.2) is 10.2 Å². The maximum absolute atomic E-state index is 12.1. The largest absolute Gasteiger partial charge is 0.376 e. The Morgan fingerprint density at radius 1 is 0.692 bits per heavy atom. The molecular weight excluding hydrogens is 206 g/mol. The molecule has 78 valence electrons. The third-order valence-corrected chi connectivity index (χ3v) is 1.28. The first-order valence-corrected chi connectivity index (χ1v) is 2.92. The zero-order valence-corrected chi connectivity index (χ0v) is 6.00. The molecule has 0 aromatic heterocycles. The average Bonchev–Trinajstić information content (AvgIpc) is 2.03. The van der Waals surface area contributed by atoms with Crippen LogP contribution in [0, 0.1) is 0 Å². The molecule has 0 aromatic carbocycles. The lowest BCUT2D eigenvalue weighted by molar-refractivity contribution is -0.330. The Balaban J connectivity index is 4.95. The quantitative estimate of drug-likeness (QED) is 0.634. The van der Waals surface area contributed by atoms with Crippen molar-refractivity contribution >= 4 is 0 Å². The zero-order chi connectivity index (χ0) is 10.9. The summed E-state index contributed by atoms with van der Waals surface area (Å²) in [5.41, 5.74) is 0. The Bertz CT molecular complexity index is 162. The summed E-state index contributed by atoms with van der Waals surface area (Å²) in [7, 11) is 0. The lowest BCUT2D eigenvalue weighted by Crippen LogP contribution is -2.57. The molecule has 0 bridgehead atoms. The van der Waals surface area contributed by atoms with Gasteiger partial charge < -0.3 is 0 Å². The maximum atomic E-state index is 12.1. The normalized spacial score (nSPS) is 14.8. The molecule has 0 aliphatic heterocycles. The van der Waals surface area contributed by atoms with Gasteiger partial charge in [-0.15, -0.1) is 0 Å². The molecule has 2 nitrogen and oxygen atoms in total. The van der Waals surface area contributed by atoms with E-state index in [4.69, 9.17) is 0 Å². The van der Waals surface area contributed by atoms with Crippen LogP contribution in [0.4, 0.5) is 26.3 Å². The first kappa shape index (κ1) is 12.5. The van der Waals surface area contributed by atoms with E-state index < -0.39 is 31.0 Å². The summed E-state index contributed by atoms with van der Waals surface area (Å²) in [4.78, 5) is 0. The molecule has 0 atom stereocenters. The van der Waals surface area contributed by atoms with Gasteiger partial charge in [-0.3, -0.25) is 0 Å². The number of rotatable bonds is 4. The van der Waals surface area contributed by atoms with Crippen LogP contribution in [-0.4, -0.2) is 31.0 Å². The van der Waals surface area contributed by atoms with Crippen molar-refractivity contribution in [1.82, 2.24) is 0 Å². The van der Waals surface area contributed by atoms with E-state index in [9.17, 15) is 36.6 Å². The number of hydrogen-bond donors (Lipinski definition) is 0. The third-order valence-electron chi connectivity index (χ3n) is 1.28. The van der Waals surface area contributed by atoms with Gasteiger partial charge in [0, 0.05) is 0 Å². The van der Waals surface area contributed by atoms with Crippen LogP contribution in [0.25, 0.3) is 0 Å². The van der Waals surface area contributed by atoms with E-state index in [0.29, 0.717) is 0 Å². The molecule has 0 rings (SSSR count). The van der Waals surface area contributed by atoms with Crippen molar-refractivity contribution in [3.63, 3.8) is 0 Å². The highest BCUT2D eigenvalue weighted by atomic mass is 19.3. The highest BCUT2D eigenvalue weighted by Crippen LogP contribution is 2.45. The summed E-state index contributed by atoms with van der Waals surface area (Å²) in [5, 5.41) is 19.0. The minimum Gasteiger partial charge on any atom is -0.230 e. The average molecular weight is 210 g/mol. The Morgan fingerprint density at radius 3 is 1.08 bits per heavy atom. The predicted octanol–water partition coefficient (Wildman–Crippen LogP) is 1.75. The van der Waals surface area contributed by atoms with Crippen molar-refractivity contribution in [2.24, 2.45) is 0 Å². The summed E-state index contributed by atoms with van der Waals surface area (Å²) < 4.78 is 71.9. The van der Waals surface area contributed by atoms with Gasteiger partial charge in [0.25, 0.3) is 0 Å². The Kier molecular flexibility index (Phi) is 3.21. The fraction of sp³-hybridized carbons (Fsp3) is 1.00. The molecule has 13 heavy (non-hydrogen) atoms. The van der Waals surface area contributed by atoms with Crippen LogP contribution in [0.1, 0.15) is 0 Å². The van der Waals surface area contributed by atoms with Gasteiger partial charge in [0.15, 0.2) is 13.2 Å². The fourth-order valence-corrected chi connectivity index (χ4v) is 0.449.